The number of hydrogen-bond acceptors (Lipinski definition) is 4. The summed E-state index contributed by atoms with van der Waals surface area (Å²) < 4.78 is 29.2. The van der Waals surface area contributed by atoms with Gasteiger partial charge in [0, 0.05) is 13.1 Å². The van der Waals surface area contributed by atoms with Crippen molar-refractivity contribution in [1.82, 2.24) is 10.2 Å². The van der Waals surface area contributed by atoms with Crippen molar-refractivity contribution in [3.63, 3.8) is 0 Å². The number of carbonyl (C=O) groups excluding carboxylic acids is 2. The van der Waals surface area contributed by atoms with Gasteiger partial charge in [0.25, 0.3) is 10.0 Å². The van der Waals surface area contributed by atoms with E-state index >= 15 is 0 Å². The van der Waals surface area contributed by atoms with E-state index < -0.39 is 28.5 Å². The van der Waals surface area contributed by atoms with Gasteiger partial charge < -0.3 is 10.2 Å². The molecule has 214 valence electrons. The molecule has 0 fully saturated rings. The summed E-state index contributed by atoms with van der Waals surface area (Å²) in [6.45, 7) is 8.12. The molecule has 0 saturated heterocycles. The van der Waals surface area contributed by atoms with Gasteiger partial charge in [-0.05, 0) is 55.5 Å². The molecule has 0 aliphatic rings. The number of anilines is 1. The fourth-order valence-electron chi connectivity index (χ4n) is 4.72. The molecule has 1 N–H and O–H groups in total. The van der Waals surface area contributed by atoms with Gasteiger partial charge in [0.15, 0.2) is 0 Å². The Bertz CT molecular complexity index is 1380. The first-order chi connectivity index (χ1) is 19.2. The van der Waals surface area contributed by atoms with Crippen molar-refractivity contribution >= 4 is 27.5 Å². The lowest BCUT2D eigenvalue weighted by molar-refractivity contribution is -0.140. The topological polar surface area (TPSA) is 86.8 Å². The molecular weight excluding hydrogens is 522 g/mol. The average Bonchev–Trinajstić information content (AvgIpc) is 2.96. The van der Waals surface area contributed by atoms with E-state index in [-0.39, 0.29) is 17.3 Å². The summed E-state index contributed by atoms with van der Waals surface area (Å²) in [5, 5.41) is 2.96. The normalized spacial score (nSPS) is 12.0. The third kappa shape index (κ3) is 7.72. The lowest BCUT2D eigenvalue weighted by Gasteiger charge is -2.33. The van der Waals surface area contributed by atoms with Crippen molar-refractivity contribution < 1.29 is 18.0 Å². The van der Waals surface area contributed by atoms with Crippen LogP contribution in [0.1, 0.15) is 56.7 Å². The molecule has 0 aliphatic carbocycles. The molecule has 40 heavy (non-hydrogen) atoms. The van der Waals surface area contributed by atoms with Gasteiger partial charge in [-0.2, -0.15) is 0 Å². The monoisotopic (exact) mass is 563 g/mol. The summed E-state index contributed by atoms with van der Waals surface area (Å²) in [6.07, 6.45) is 2.76. The predicted octanol–water partition coefficient (Wildman–Crippen LogP) is 5.48. The van der Waals surface area contributed by atoms with Crippen LogP contribution in [0.3, 0.4) is 0 Å². The lowest BCUT2D eigenvalue weighted by Crippen LogP contribution is -2.52. The van der Waals surface area contributed by atoms with E-state index in [1.54, 1.807) is 30.3 Å². The van der Waals surface area contributed by atoms with Crippen LogP contribution in [-0.4, -0.2) is 44.3 Å². The van der Waals surface area contributed by atoms with Gasteiger partial charge in [0.2, 0.25) is 11.8 Å². The number of unbranched alkanes of at least 4 members (excludes halogenated alkanes) is 1. The number of nitrogens with one attached hydrogen (secondary N) is 1. The van der Waals surface area contributed by atoms with Crippen LogP contribution in [0.15, 0.2) is 83.8 Å². The van der Waals surface area contributed by atoms with Crippen molar-refractivity contribution in [2.24, 2.45) is 0 Å². The number of amides is 2. The van der Waals surface area contributed by atoms with Gasteiger partial charge in [-0.15, -0.1) is 0 Å². The van der Waals surface area contributed by atoms with Crippen molar-refractivity contribution in [3.05, 3.63) is 95.6 Å². The molecule has 1 atom stereocenters. The number of hydrogen-bond donors (Lipinski definition) is 1. The average molecular weight is 564 g/mol. The SMILES string of the molecule is CCCCNC(=O)[C@@H](CC)N(Cc1cccc(C)c1)C(=O)CN(c1ccccc1CC)S(=O)(=O)c1ccccc1. The lowest BCUT2D eigenvalue weighted by atomic mass is 10.1. The van der Waals surface area contributed by atoms with Crippen LogP contribution in [0.4, 0.5) is 5.69 Å². The Morgan fingerprint density at radius 1 is 0.900 bits per heavy atom. The number of aryl methyl sites for hydroxylation is 2. The molecule has 0 saturated carbocycles. The minimum atomic E-state index is -4.08. The third-order valence-electron chi connectivity index (χ3n) is 6.90. The van der Waals surface area contributed by atoms with Gasteiger partial charge in [0.05, 0.1) is 10.6 Å². The second-order valence-corrected chi connectivity index (χ2v) is 11.7. The number of sulfonamides is 1. The molecule has 2 amide bonds. The highest BCUT2D eigenvalue weighted by Gasteiger charge is 2.34. The molecule has 0 radical (unpaired) electrons. The molecule has 0 heterocycles. The van der Waals surface area contributed by atoms with E-state index in [9.17, 15) is 18.0 Å². The van der Waals surface area contributed by atoms with E-state index in [1.165, 1.54) is 21.3 Å². The van der Waals surface area contributed by atoms with Crippen LogP contribution in [-0.2, 0) is 32.6 Å². The molecule has 0 bridgehead atoms. The van der Waals surface area contributed by atoms with Gasteiger partial charge in [0.1, 0.15) is 12.6 Å². The van der Waals surface area contributed by atoms with Crippen LogP contribution in [0.25, 0.3) is 0 Å². The fraction of sp³-hybridized carbons (Fsp3) is 0.375. The van der Waals surface area contributed by atoms with E-state index in [4.69, 9.17) is 0 Å². The highest BCUT2D eigenvalue weighted by molar-refractivity contribution is 7.92. The first kappa shape index (κ1) is 30.9. The minimum Gasteiger partial charge on any atom is -0.354 e. The zero-order chi connectivity index (χ0) is 29.1. The number of rotatable bonds is 14. The summed E-state index contributed by atoms with van der Waals surface area (Å²) in [5.74, 6) is -0.673. The number of para-hydroxylation sites is 1. The zero-order valence-corrected chi connectivity index (χ0v) is 24.8. The molecule has 3 aromatic rings. The van der Waals surface area contributed by atoms with Crippen LogP contribution in [0.5, 0.6) is 0 Å². The molecule has 3 rings (SSSR count). The quantitative estimate of drug-likeness (QED) is 0.263. The molecule has 0 aliphatic heterocycles. The molecular formula is C32H41N3O4S. The van der Waals surface area contributed by atoms with Crippen molar-refractivity contribution in [2.75, 3.05) is 17.4 Å². The molecule has 0 spiro atoms. The maximum atomic E-state index is 14.2. The molecule has 3 aromatic carbocycles. The molecule has 7 nitrogen and oxygen atoms in total. The molecule has 8 heteroatoms. The van der Waals surface area contributed by atoms with Crippen molar-refractivity contribution in [1.29, 1.82) is 0 Å². The summed E-state index contributed by atoms with van der Waals surface area (Å²) in [5.41, 5.74) is 3.18. The Morgan fingerprint density at radius 2 is 1.60 bits per heavy atom. The summed E-state index contributed by atoms with van der Waals surface area (Å²) in [7, 11) is -4.08. The Morgan fingerprint density at radius 3 is 2.25 bits per heavy atom. The maximum absolute atomic E-state index is 14.2. The second kappa shape index (κ2) is 14.7. The summed E-state index contributed by atoms with van der Waals surface area (Å²) >= 11 is 0. The van der Waals surface area contributed by atoms with E-state index in [0.717, 1.165) is 29.5 Å². The Hall–Kier alpha value is -3.65. The van der Waals surface area contributed by atoms with Crippen LogP contribution < -0.4 is 9.62 Å². The van der Waals surface area contributed by atoms with Gasteiger partial charge in [-0.25, -0.2) is 8.42 Å². The zero-order valence-electron chi connectivity index (χ0n) is 24.0. The first-order valence-corrected chi connectivity index (χ1v) is 15.4. The third-order valence-corrected chi connectivity index (χ3v) is 8.68. The second-order valence-electron chi connectivity index (χ2n) is 9.89. The first-order valence-electron chi connectivity index (χ1n) is 14.0. The van der Waals surface area contributed by atoms with Gasteiger partial charge in [-0.3, -0.25) is 13.9 Å². The smallest absolute Gasteiger partial charge is 0.264 e. The summed E-state index contributed by atoms with van der Waals surface area (Å²) in [4.78, 5) is 29.1. The van der Waals surface area contributed by atoms with Crippen LogP contribution in [0, 0.1) is 6.92 Å². The van der Waals surface area contributed by atoms with Crippen molar-refractivity contribution in [2.45, 2.75) is 70.9 Å². The van der Waals surface area contributed by atoms with E-state index in [0.29, 0.717) is 25.1 Å². The Kier molecular flexibility index (Phi) is 11.3. The predicted molar refractivity (Wildman–Crippen MR) is 161 cm³/mol. The highest BCUT2D eigenvalue weighted by Crippen LogP contribution is 2.28. The van der Waals surface area contributed by atoms with Crippen LogP contribution >= 0.6 is 0 Å². The number of carbonyl (C=O) groups is 2. The molecule has 0 unspecified atom stereocenters. The molecule has 0 aromatic heterocycles. The Balaban J connectivity index is 2.06. The van der Waals surface area contributed by atoms with Crippen molar-refractivity contribution in [3.8, 4) is 0 Å². The fourth-order valence-corrected chi connectivity index (χ4v) is 6.19. The van der Waals surface area contributed by atoms with Gasteiger partial charge in [-0.1, -0.05) is 93.4 Å². The van der Waals surface area contributed by atoms with Crippen LogP contribution in [0.2, 0.25) is 0 Å². The maximum Gasteiger partial charge on any atom is 0.264 e. The number of benzene rings is 3. The standard InChI is InChI=1S/C32H41N3O4S/c1-5-8-21-33-32(37)29(7-3)34(23-26-16-14-15-25(4)22-26)31(36)24-35(30-20-13-12-17-27(30)6-2)40(38,39)28-18-10-9-11-19-28/h9-20,22,29H,5-8,21,23-24H2,1-4H3,(H,33,37)/t29-/m1/s1. The summed E-state index contributed by atoms with van der Waals surface area (Å²) in [6, 6.07) is 22.4. The van der Waals surface area contributed by atoms with E-state index in [1.807, 2.05) is 64.1 Å². The van der Waals surface area contributed by atoms with E-state index in [2.05, 4.69) is 5.32 Å². The van der Waals surface area contributed by atoms with Gasteiger partial charge >= 0.3 is 0 Å². The minimum absolute atomic E-state index is 0.100. The Labute approximate surface area is 239 Å². The highest BCUT2D eigenvalue weighted by atomic mass is 32.2. The number of nitrogens with zero attached hydrogens (tertiary/aromatic N) is 2. The largest absolute Gasteiger partial charge is 0.354 e.